The van der Waals surface area contributed by atoms with E-state index in [0.717, 1.165) is 22.7 Å². The first-order chi connectivity index (χ1) is 20.7. The molecule has 2 aliphatic rings. The maximum atomic E-state index is 14.3. The number of fused-ring (bicyclic) bond motifs is 1. The minimum atomic E-state index is -4.49. The molecule has 0 unspecified atom stereocenters. The Labute approximate surface area is 258 Å². The molecule has 0 saturated carbocycles. The summed E-state index contributed by atoms with van der Waals surface area (Å²) in [7, 11) is 0. The van der Waals surface area contributed by atoms with Gasteiger partial charge in [0.05, 0.1) is 23.6 Å². The van der Waals surface area contributed by atoms with Crippen molar-refractivity contribution in [3.05, 3.63) is 120 Å². The van der Waals surface area contributed by atoms with E-state index < -0.39 is 11.7 Å². The van der Waals surface area contributed by atoms with Crippen LogP contribution in [0, 0.1) is 0 Å². The molecule has 0 fully saturated rings. The molecule has 0 amide bonds. The van der Waals surface area contributed by atoms with Crippen LogP contribution in [0.3, 0.4) is 0 Å². The molecule has 44 heavy (non-hydrogen) atoms. The van der Waals surface area contributed by atoms with Crippen LogP contribution in [0.2, 0.25) is 0 Å². The van der Waals surface area contributed by atoms with Crippen molar-refractivity contribution in [2.45, 2.75) is 58.5 Å². The number of hydrogen-bond donors (Lipinski definition) is 0. The van der Waals surface area contributed by atoms with Gasteiger partial charge in [-0.15, -0.1) is 0 Å². The van der Waals surface area contributed by atoms with Crippen LogP contribution >= 0.6 is 0 Å². The van der Waals surface area contributed by atoms with Crippen LogP contribution in [-0.4, -0.2) is 13.3 Å². The number of halogens is 3. The summed E-state index contributed by atoms with van der Waals surface area (Å²) in [6.45, 7) is 13.9. The van der Waals surface area contributed by atoms with Crippen LogP contribution in [0.5, 0.6) is 0 Å². The minimum Gasteiger partial charge on any atom is -0.328 e. The lowest BCUT2D eigenvalue weighted by molar-refractivity contribution is -0.137. The smallest absolute Gasteiger partial charge is 0.328 e. The van der Waals surface area contributed by atoms with Crippen molar-refractivity contribution in [1.29, 1.82) is 0 Å². The predicted octanol–water partition coefficient (Wildman–Crippen LogP) is 10.3. The molecule has 4 aromatic rings. The Bertz CT molecular complexity index is 1680. The van der Waals surface area contributed by atoms with E-state index in [1.165, 1.54) is 23.3 Å². The van der Waals surface area contributed by atoms with E-state index >= 15 is 0 Å². The van der Waals surface area contributed by atoms with Crippen molar-refractivity contribution in [2.24, 2.45) is 0 Å². The van der Waals surface area contributed by atoms with Gasteiger partial charge >= 0.3 is 6.18 Å². The Morgan fingerprint density at radius 2 is 0.932 bits per heavy atom. The number of hydrogen-bond acceptors (Lipinski definition) is 4. The second-order valence-electron chi connectivity index (χ2n) is 13.7. The molecule has 0 radical (unpaired) electrons. The van der Waals surface area contributed by atoms with Gasteiger partial charge in [0.25, 0.3) is 0 Å². The zero-order valence-corrected chi connectivity index (χ0v) is 26.2. The van der Waals surface area contributed by atoms with Gasteiger partial charge in [0.2, 0.25) is 0 Å². The summed E-state index contributed by atoms with van der Waals surface area (Å²) < 4.78 is 42.9. The van der Waals surface area contributed by atoms with E-state index in [-0.39, 0.29) is 10.8 Å². The molecule has 228 valence electrons. The normalized spacial score (nSPS) is 15.4. The number of nitrogens with zero attached hydrogens (tertiary/aromatic N) is 4. The molecular formula is C37H39F3N4. The molecule has 6 rings (SSSR count). The summed E-state index contributed by atoms with van der Waals surface area (Å²) in [6.07, 6.45) is -0.726. The summed E-state index contributed by atoms with van der Waals surface area (Å²) >= 11 is 0. The van der Waals surface area contributed by atoms with E-state index in [4.69, 9.17) is 0 Å². The van der Waals surface area contributed by atoms with Crippen LogP contribution in [-0.2, 0) is 17.0 Å². The molecule has 0 saturated heterocycles. The number of benzene rings is 4. The van der Waals surface area contributed by atoms with Gasteiger partial charge in [-0.2, -0.15) is 13.2 Å². The molecule has 7 heteroatoms. The molecule has 0 spiro atoms. The average Bonchev–Trinajstić information content (AvgIpc) is 3.62. The Kier molecular flexibility index (Phi) is 7.18. The SMILES string of the molecule is CC(C)(C)c1ccc(N2C=CN(c3cc(N4CN(c5ccc(C(C)(C)C)cc5)c5ccccc54)cc(C(F)(F)F)c3)C2)cc1. The second-order valence-corrected chi connectivity index (χ2v) is 13.7. The lowest BCUT2D eigenvalue weighted by Crippen LogP contribution is -2.26. The largest absolute Gasteiger partial charge is 0.416 e. The first-order valence-electron chi connectivity index (χ1n) is 15.0. The van der Waals surface area contributed by atoms with Gasteiger partial charge in [-0.05, 0) is 76.6 Å². The maximum absolute atomic E-state index is 14.3. The van der Waals surface area contributed by atoms with Crippen LogP contribution in [0.1, 0.15) is 58.2 Å². The monoisotopic (exact) mass is 596 g/mol. The number of anilines is 6. The van der Waals surface area contributed by atoms with Crippen LogP contribution < -0.4 is 19.6 Å². The van der Waals surface area contributed by atoms with E-state index in [0.29, 0.717) is 24.7 Å². The first-order valence-corrected chi connectivity index (χ1v) is 15.0. The van der Waals surface area contributed by atoms with Gasteiger partial charge in [-0.3, -0.25) is 0 Å². The zero-order valence-electron chi connectivity index (χ0n) is 26.2. The third-order valence-corrected chi connectivity index (χ3v) is 8.46. The molecule has 2 heterocycles. The van der Waals surface area contributed by atoms with E-state index in [2.05, 4.69) is 95.0 Å². The standard InChI is InChI=1S/C37H39F3N4/c1-35(2,3)26-11-15-29(16-12-26)41-19-20-42(24-41)31-21-28(37(38,39)40)22-32(23-31)44-25-43(33-9-7-8-10-34(33)44)30-17-13-27(14-18-30)36(4,5)6/h7-23H,24-25H2,1-6H3. The van der Waals surface area contributed by atoms with Gasteiger partial charge in [-0.25, -0.2) is 0 Å². The summed E-state index contributed by atoms with van der Waals surface area (Å²) in [5.41, 5.74) is 6.66. The molecular weight excluding hydrogens is 557 g/mol. The highest BCUT2D eigenvalue weighted by Gasteiger charge is 2.35. The van der Waals surface area contributed by atoms with Gasteiger partial charge in [0, 0.05) is 35.1 Å². The third kappa shape index (κ3) is 5.75. The van der Waals surface area contributed by atoms with E-state index in [9.17, 15) is 13.2 Å². The highest BCUT2D eigenvalue weighted by Crippen LogP contribution is 2.46. The highest BCUT2D eigenvalue weighted by molar-refractivity contribution is 5.87. The molecule has 0 aliphatic carbocycles. The molecule has 0 N–H and O–H groups in total. The van der Waals surface area contributed by atoms with E-state index in [1.807, 2.05) is 57.4 Å². The first kappa shape index (κ1) is 29.7. The van der Waals surface area contributed by atoms with E-state index in [1.54, 1.807) is 0 Å². The summed E-state index contributed by atoms with van der Waals surface area (Å²) in [5, 5.41) is 0. The molecule has 0 aromatic heterocycles. The highest BCUT2D eigenvalue weighted by atomic mass is 19.4. The summed E-state index contributed by atoms with van der Waals surface area (Å²) in [4.78, 5) is 8.02. The summed E-state index contributed by atoms with van der Waals surface area (Å²) in [6, 6.07) is 29.0. The molecule has 2 aliphatic heterocycles. The van der Waals surface area contributed by atoms with Gasteiger partial charge in [-0.1, -0.05) is 77.9 Å². The Morgan fingerprint density at radius 1 is 0.477 bits per heavy atom. The van der Waals surface area contributed by atoms with Gasteiger partial charge < -0.3 is 19.6 Å². The van der Waals surface area contributed by atoms with Crippen molar-refractivity contribution >= 4 is 34.1 Å². The molecule has 4 nitrogen and oxygen atoms in total. The maximum Gasteiger partial charge on any atom is 0.416 e. The number of rotatable bonds is 4. The second kappa shape index (κ2) is 10.7. The van der Waals surface area contributed by atoms with Crippen molar-refractivity contribution < 1.29 is 13.2 Å². The molecule has 4 aromatic carbocycles. The third-order valence-electron chi connectivity index (χ3n) is 8.46. The van der Waals surface area contributed by atoms with Gasteiger partial charge in [0.1, 0.15) is 6.67 Å². The van der Waals surface area contributed by atoms with Crippen molar-refractivity contribution in [2.75, 3.05) is 32.9 Å². The Hall–Kier alpha value is -4.39. The number of para-hydroxylation sites is 2. The molecule has 0 bridgehead atoms. The number of alkyl halides is 3. The summed E-state index contributed by atoms with van der Waals surface area (Å²) in [5.74, 6) is 0. The molecule has 0 atom stereocenters. The van der Waals surface area contributed by atoms with Crippen molar-refractivity contribution in [3.63, 3.8) is 0 Å². The topological polar surface area (TPSA) is 13.0 Å². The lowest BCUT2D eigenvalue weighted by Gasteiger charge is -2.27. The predicted molar refractivity (Wildman–Crippen MR) is 176 cm³/mol. The fourth-order valence-corrected chi connectivity index (χ4v) is 5.79. The minimum absolute atomic E-state index is 0.0252. The van der Waals surface area contributed by atoms with Crippen LogP contribution in [0.15, 0.2) is 103 Å². The Balaban J connectivity index is 1.32. The average molecular weight is 597 g/mol. The Morgan fingerprint density at radius 3 is 1.43 bits per heavy atom. The van der Waals surface area contributed by atoms with Crippen molar-refractivity contribution in [1.82, 2.24) is 0 Å². The van der Waals surface area contributed by atoms with Crippen LogP contribution in [0.25, 0.3) is 0 Å². The fourth-order valence-electron chi connectivity index (χ4n) is 5.79. The van der Waals surface area contributed by atoms with Gasteiger partial charge in [0.15, 0.2) is 0 Å². The lowest BCUT2D eigenvalue weighted by atomic mass is 9.87. The zero-order chi connectivity index (χ0) is 31.4. The van der Waals surface area contributed by atoms with Crippen molar-refractivity contribution in [3.8, 4) is 0 Å². The fraction of sp³-hybridized carbons (Fsp3) is 0.297. The quantitative estimate of drug-likeness (QED) is 0.232. The van der Waals surface area contributed by atoms with Crippen LogP contribution in [0.4, 0.5) is 47.3 Å².